The molecule has 1 N–H and O–H groups in total. The van der Waals surface area contributed by atoms with E-state index in [1.165, 1.54) is 18.2 Å². The highest BCUT2D eigenvalue weighted by molar-refractivity contribution is 6.15. The van der Waals surface area contributed by atoms with Gasteiger partial charge in [0.05, 0.1) is 5.56 Å². The van der Waals surface area contributed by atoms with Crippen LogP contribution in [0.5, 0.6) is 0 Å². The summed E-state index contributed by atoms with van der Waals surface area (Å²) in [6, 6.07) is 20.1. The second-order valence-corrected chi connectivity index (χ2v) is 6.13. The molecule has 1 aliphatic rings. The van der Waals surface area contributed by atoms with Crippen LogP contribution < -0.4 is 5.32 Å². The summed E-state index contributed by atoms with van der Waals surface area (Å²) >= 11 is 0. The third-order valence-corrected chi connectivity index (χ3v) is 4.53. The highest BCUT2D eigenvalue weighted by Gasteiger charge is 2.37. The number of fused-ring (bicyclic) bond motifs is 1. The molecule has 0 saturated heterocycles. The molecule has 0 aliphatic heterocycles. The lowest BCUT2D eigenvalue weighted by atomic mass is 9.90. The van der Waals surface area contributed by atoms with E-state index in [9.17, 15) is 13.6 Å². The number of carbonyl (C=O) groups excluding carboxylic acids is 1. The van der Waals surface area contributed by atoms with Crippen molar-refractivity contribution >= 4 is 11.5 Å². The summed E-state index contributed by atoms with van der Waals surface area (Å²) in [4.78, 5) is 12.9. The van der Waals surface area contributed by atoms with Crippen LogP contribution in [0.1, 0.15) is 27.4 Å². The topological polar surface area (TPSA) is 29.1 Å². The normalized spacial score (nSPS) is 17.4. The second-order valence-electron chi connectivity index (χ2n) is 6.13. The number of Topliss-reactive ketones (excluding diaryl/α,β-unsaturated/α-hetero) is 1. The van der Waals surface area contributed by atoms with Gasteiger partial charge in [0, 0.05) is 23.4 Å². The fourth-order valence-corrected chi connectivity index (χ4v) is 3.32. The Morgan fingerprint density at radius 3 is 2.31 bits per heavy atom. The number of carbonyl (C=O) groups is 1. The average molecular weight is 347 g/mol. The van der Waals surface area contributed by atoms with Gasteiger partial charge in [0.1, 0.15) is 11.6 Å². The first-order valence-electron chi connectivity index (χ1n) is 8.25. The number of hydrogen-bond donors (Lipinski definition) is 1. The maximum atomic E-state index is 14.3. The first-order valence-corrected chi connectivity index (χ1v) is 8.25. The van der Waals surface area contributed by atoms with Gasteiger partial charge in [-0.1, -0.05) is 42.5 Å². The van der Waals surface area contributed by atoms with Gasteiger partial charge in [0.2, 0.25) is 0 Å². The zero-order chi connectivity index (χ0) is 18.1. The van der Waals surface area contributed by atoms with Crippen LogP contribution in [-0.2, 0) is 0 Å². The molecule has 128 valence electrons. The molecule has 26 heavy (non-hydrogen) atoms. The van der Waals surface area contributed by atoms with Gasteiger partial charge in [-0.05, 0) is 41.5 Å². The second kappa shape index (κ2) is 6.56. The summed E-state index contributed by atoms with van der Waals surface area (Å²) in [7, 11) is 0. The van der Waals surface area contributed by atoms with Crippen LogP contribution in [0.4, 0.5) is 14.5 Å². The Bertz CT molecular complexity index is 994. The van der Waals surface area contributed by atoms with E-state index in [2.05, 4.69) is 5.32 Å². The Morgan fingerprint density at radius 2 is 1.58 bits per heavy atom. The SMILES string of the molecule is O=C1/C(=C\Nc2ccc(F)cc2)[C@@H](c2ccccc2)c2cccc(F)c21. The van der Waals surface area contributed by atoms with Gasteiger partial charge in [0.25, 0.3) is 0 Å². The Labute approximate surface area is 149 Å². The summed E-state index contributed by atoms with van der Waals surface area (Å²) in [5, 5.41) is 3.03. The number of rotatable bonds is 3. The van der Waals surface area contributed by atoms with Crippen molar-refractivity contribution in [2.45, 2.75) is 5.92 Å². The number of nitrogens with one attached hydrogen (secondary N) is 1. The predicted octanol–water partition coefficient (Wildman–Crippen LogP) is 5.29. The van der Waals surface area contributed by atoms with Crippen LogP contribution in [0.2, 0.25) is 0 Å². The number of allylic oxidation sites excluding steroid dienone is 1. The van der Waals surface area contributed by atoms with Gasteiger partial charge in [-0.2, -0.15) is 0 Å². The molecule has 4 heteroatoms. The Morgan fingerprint density at radius 1 is 0.846 bits per heavy atom. The Balaban J connectivity index is 1.79. The molecule has 0 spiro atoms. The first kappa shape index (κ1) is 16.2. The molecule has 3 aromatic carbocycles. The smallest absolute Gasteiger partial charge is 0.194 e. The van der Waals surface area contributed by atoms with Crippen LogP contribution in [0.3, 0.4) is 0 Å². The molecule has 0 bridgehead atoms. The minimum Gasteiger partial charge on any atom is -0.361 e. The Hall–Kier alpha value is -3.27. The van der Waals surface area contributed by atoms with E-state index in [0.29, 0.717) is 16.8 Å². The zero-order valence-electron chi connectivity index (χ0n) is 13.7. The van der Waals surface area contributed by atoms with Gasteiger partial charge in [-0.15, -0.1) is 0 Å². The van der Waals surface area contributed by atoms with Crippen LogP contribution in [0.25, 0.3) is 0 Å². The fourth-order valence-electron chi connectivity index (χ4n) is 3.32. The van der Waals surface area contributed by atoms with Crippen molar-refractivity contribution in [1.29, 1.82) is 0 Å². The highest BCUT2D eigenvalue weighted by Crippen LogP contribution is 2.42. The number of hydrogen-bond acceptors (Lipinski definition) is 2. The number of ketones is 1. The highest BCUT2D eigenvalue weighted by atomic mass is 19.1. The summed E-state index contributed by atoms with van der Waals surface area (Å²) in [5.41, 5.74) is 2.80. The lowest BCUT2D eigenvalue weighted by molar-refractivity contribution is 0.103. The van der Waals surface area contributed by atoms with E-state index < -0.39 is 5.82 Å². The van der Waals surface area contributed by atoms with Gasteiger partial charge in [-0.3, -0.25) is 4.79 Å². The van der Waals surface area contributed by atoms with Crippen molar-refractivity contribution < 1.29 is 13.6 Å². The van der Waals surface area contributed by atoms with Crippen LogP contribution in [0, 0.1) is 11.6 Å². The maximum Gasteiger partial charge on any atom is 0.194 e. The third kappa shape index (κ3) is 2.80. The minimum atomic E-state index is -0.515. The first-order chi connectivity index (χ1) is 12.6. The molecular weight excluding hydrogens is 332 g/mol. The van der Waals surface area contributed by atoms with Gasteiger partial charge in [-0.25, -0.2) is 8.78 Å². The predicted molar refractivity (Wildman–Crippen MR) is 97.1 cm³/mol. The van der Waals surface area contributed by atoms with Crippen molar-refractivity contribution in [1.82, 2.24) is 0 Å². The van der Waals surface area contributed by atoms with E-state index in [-0.39, 0.29) is 23.1 Å². The van der Waals surface area contributed by atoms with Crippen LogP contribution in [-0.4, -0.2) is 5.78 Å². The summed E-state index contributed by atoms with van der Waals surface area (Å²) in [5.74, 6) is -1.53. The molecule has 3 aromatic rings. The average Bonchev–Trinajstić information content (AvgIpc) is 2.95. The quantitative estimate of drug-likeness (QED) is 0.652. The molecule has 0 radical (unpaired) electrons. The van der Waals surface area contributed by atoms with Crippen LogP contribution in [0.15, 0.2) is 84.6 Å². The molecular formula is C22H15F2NO. The summed E-state index contributed by atoms with van der Waals surface area (Å²) in [6.07, 6.45) is 1.59. The minimum absolute atomic E-state index is 0.119. The molecule has 1 atom stereocenters. The lowest BCUT2D eigenvalue weighted by Gasteiger charge is -2.14. The van der Waals surface area contributed by atoms with E-state index in [1.807, 2.05) is 30.3 Å². The molecule has 2 nitrogen and oxygen atoms in total. The standard InChI is InChI=1S/C22H15F2NO/c23-15-9-11-16(12-10-15)25-13-18-20(14-5-2-1-3-6-14)17-7-4-8-19(24)21(17)22(18)26/h1-13,20,25H/b18-13-/t20-/m0/s1. The van der Waals surface area contributed by atoms with E-state index in [0.717, 1.165) is 5.56 Å². The number of anilines is 1. The number of halogens is 2. The molecule has 4 rings (SSSR count). The van der Waals surface area contributed by atoms with E-state index >= 15 is 0 Å². The molecule has 0 unspecified atom stereocenters. The van der Waals surface area contributed by atoms with Crippen molar-refractivity contribution in [2.24, 2.45) is 0 Å². The zero-order valence-corrected chi connectivity index (χ0v) is 13.7. The van der Waals surface area contributed by atoms with E-state index in [4.69, 9.17) is 0 Å². The van der Waals surface area contributed by atoms with Gasteiger partial charge < -0.3 is 5.32 Å². The molecule has 0 saturated carbocycles. The van der Waals surface area contributed by atoms with Gasteiger partial charge in [0.15, 0.2) is 5.78 Å². The molecule has 0 amide bonds. The van der Waals surface area contributed by atoms with Crippen molar-refractivity contribution in [3.05, 3.63) is 113 Å². The molecule has 0 aromatic heterocycles. The molecule has 0 fully saturated rings. The van der Waals surface area contributed by atoms with Crippen LogP contribution >= 0.6 is 0 Å². The monoisotopic (exact) mass is 347 g/mol. The largest absolute Gasteiger partial charge is 0.361 e. The van der Waals surface area contributed by atoms with Crippen molar-refractivity contribution in [2.75, 3.05) is 5.32 Å². The third-order valence-electron chi connectivity index (χ3n) is 4.53. The molecule has 1 aliphatic carbocycles. The summed E-state index contributed by atoms with van der Waals surface area (Å²) < 4.78 is 27.4. The van der Waals surface area contributed by atoms with Gasteiger partial charge >= 0.3 is 0 Å². The lowest BCUT2D eigenvalue weighted by Crippen LogP contribution is -2.05. The number of benzene rings is 3. The van der Waals surface area contributed by atoms with E-state index in [1.54, 1.807) is 30.5 Å². The van der Waals surface area contributed by atoms with Crippen molar-refractivity contribution in [3.8, 4) is 0 Å². The molecule has 0 heterocycles. The fraction of sp³-hybridized carbons (Fsp3) is 0.0455. The summed E-state index contributed by atoms with van der Waals surface area (Å²) in [6.45, 7) is 0. The Kier molecular flexibility index (Phi) is 4.09. The maximum absolute atomic E-state index is 14.3. The van der Waals surface area contributed by atoms with Crippen molar-refractivity contribution in [3.63, 3.8) is 0 Å².